The number of fused-ring (bicyclic) bond motifs is 1. The molecule has 3 rings (SSSR count). The van der Waals surface area contributed by atoms with Gasteiger partial charge in [0.2, 0.25) is 0 Å². The van der Waals surface area contributed by atoms with Crippen LogP contribution in [0, 0.1) is 11.3 Å². The summed E-state index contributed by atoms with van der Waals surface area (Å²) in [5.41, 5.74) is 1.08. The Labute approximate surface area is 125 Å². The fourth-order valence-electron chi connectivity index (χ4n) is 3.83. The number of aromatic nitrogens is 1. The van der Waals surface area contributed by atoms with Crippen molar-refractivity contribution in [2.45, 2.75) is 39.3 Å². The summed E-state index contributed by atoms with van der Waals surface area (Å²) >= 11 is 0. The van der Waals surface area contributed by atoms with E-state index < -0.39 is 6.09 Å². The molecule has 0 radical (unpaired) electrons. The lowest BCUT2D eigenvalue weighted by Crippen LogP contribution is -2.48. The molecular weight excluding hydrogens is 266 g/mol. The fraction of sp³-hybridized carbons (Fsp3) is 0.625. The fourth-order valence-corrected chi connectivity index (χ4v) is 3.83. The highest BCUT2D eigenvalue weighted by Gasteiger charge is 2.51. The largest absolute Gasteiger partial charge is 0.465 e. The molecule has 1 aromatic rings. The zero-order chi connectivity index (χ0) is 15.2. The molecule has 0 spiro atoms. The Morgan fingerprint density at radius 3 is 2.71 bits per heavy atom. The van der Waals surface area contributed by atoms with Crippen LogP contribution in [-0.2, 0) is 0 Å². The van der Waals surface area contributed by atoms with Gasteiger partial charge in [0.1, 0.15) is 0 Å². The maximum atomic E-state index is 11.7. The zero-order valence-electron chi connectivity index (χ0n) is 12.9. The maximum Gasteiger partial charge on any atom is 0.407 e. The van der Waals surface area contributed by atoms with Crippen LogP contribution in [0.2, 0.25) is 0 Å². The Hall–Kier alpha value is -1.78. The van der Waals surface area contributed by atoms with Crippen molar-refractivity contribution in [2.75, 3.05) is 18.0 Å². The first-order chi connectivity index (χ1) is 9.88. The molecule has 2 fully saturated rings. The predicted molar refractivity (Wildman–Crippen MR) is 81.5 cm³/mol. The van der Waals surface area contributed by atoms with Crippen molar-refractivity contribution in [3.05, 3.63) is 24.5 Å². The summed E-state index contributed by atoms with van der Waals surface area (Å²) in [6.07, 6.45) is 3.79. The molecule has 21 heavy (non-hydrogen) atoms. The minimum absolute atomic E-state index is 0.0120. The molecule has 1 aromatic heterocycles. The minimum Gasteiger partial charge on any atom is -0.465 e. The number of rotatable bonds is 1. The highest BCUT2D eigenvalue weighted by atomic mass is 16.4. The van der Waals surface area contributed by atoms with Gasteiger partial charge < -0.3 is 10.0 Å². The maximum absolute atomic E-state index is 11.7. The number of anilines is 1. The number of carboxylic acid groups (broad SMARTS) is 1. The molecule has 0 bridgehead atoms. The second-order valence-corrected chi connectivity index (χ2v) is 7.25. The Balaban J connectivity index is 1.81. The van der Waals surface area contributed by atoms with Crippen LogP contribution in [0.3, 0.4) is 0 Å². The molecule has 2 saturated heterocycles. The number of nitrogens with zero attached hydrogens (tertiary/aromatic N) is 3. The van der Waals surface area contributed by atoms with Crippen molar-refractivity contribution < 1.29 is 9.90 Å². The summed E-state index contributed by atoms with van der Waals surface area (Å²) < 4.78 is 0. The Morgan fingerprint density at radius 1 is 1.38 bits per heavy atom. The van der Waals surface area contributed by atoms with Gasteiger partial charge in [-0.25, -0.2) is 4.79 Å². The number of amides is 1. The molecule has 1 N–H and O–H groups in total. The van der Waals surface area contributed by atoms with Gasteiger partial charge in [-0.3, -0.25) is 9.88 Å². The average molecular weight is 289 g/mol. The molecule has 0 aromatic carbocycles. The SMILES string of the molecule is CC(C)(C)C1C[C@H]2CN(c3cccnc3)C[C@H]2N1C(=O)O. The Bertz CT molecular complexity index is 526. The van der Waals surface area contributed by atoms with Crippen molar-refractivity contribution >= 4 is 11.8 Å². The van der Waals surface area contributed by atoms with E-state index in [-0.39, 0.29) is 17.5 Å². The summed E-state index contributed by atoms with van der Waals surface area (Å²) in [5.74, 6) is 0.422. The molecule has 5 heteroatoms. The van der Waals surface area contributed by atoms with E-state index in [1.807, 2.05) is 18.3 Å². The van der Waals surface area contributed by atoms with Crippen LogP contribution in [0.4, 0.5) is 10.5 Å². The first-order valence-electron chi connectivity index (χ1n) is 7.54. The van der Waals surface area contributed by atoms with Crippen LogP contribution in [0.25, 0.3) is 0 Å². The zero-order valence-corrected chi connectivity index (χ0v) is 12.9. The molecular formula is C16H23N3O2. The van der Waals surface area contributed by atoms with Gasteiger partial charge in [0.05, 0.1) is 17.9 Å². The smallest absolute Gasteiger partial charge is 0.407 e. The van der Waals surface area contributed by atoms with E-state index in [1.54, 1.807) is 11.1 Å². The third-order valence-electron chi connectivity index (χ3n) is 4.86. The van der Waals surface area contributed by atoms with Crippen molar-refractivity contribution in [1.29, 1.82) is 0 Å². The summed E-state index contributed by atoms with van der Waals surface area (Å²) in [6.45, 7) is 8.09. The van der Waals surface area contributed by atoms with Crippen LogP contribution in [-0.4, -0.2) is 46.3 Å². The molecule has 1 amide bonds. The second-order valence-electron chi connectivity index (χ2n) is 7.25. The van der Waals surface area contributed by atoms with Crippen LogP contribution >= 0.6 is 0 Å². The lowest BCUT2D eigenvalue weighted by Gasteiger charge is -2.36. The van der Waals surface area contributed by atoms with Gasteiger partial charge in [-0.15, -0.1) is 0 Å². The second kappa shape index (κ2) is 4.90. The molecule has 2 aliphatic heterocycles. The summed E-state index contributed by atoms with van der Waals surface area (Å²) in [5, 5.41) is 9.65. The van der Waals surface area contributed by atoms with Gasteiger partial charge in [0.15, 0.2) is 0 Å². The van der Waals surface area contributed by atoms with E-state index in [4.69, 9.17) is 0 Å². The summed E-state index contributed by atoms with van der Waals surface area (Å²) in [7, 11) is 0. The van der Waals surface area contributed by atoms with E-state index in [0.717, 1.165) is 25.2 Å². The average Bonchev–Trinajstić information content (AvgIpc) is 2.95. The normalized spacial score (nSPS) is 28.8. The van der Waals surface area contributed by atoms with Gasteiger partial charge in [0, 0.05) is 31.2 Å². The first-order valence-corrected chi connectivity index (χ1v) is 7.54. The monoisotopic (exact) mass is 289 g/mol. The highest BCUT2D eigenvalue weighted by molar-refractivity contribution is 5.67. The lowest BCUT2D eigenvalue weighted by molar-refractivity contribution is 0.0889. The van der Waals surface area contributed by atoms with E-state index in [2.05, 4.69) is 30.7 Å². The topological polar surface area (TPSA) is 56.7 Å². The molecule has 0 saturated carbocycles. The van der Waals surface area contributed by atoms with E-state index in [0.29, 0.717) is 5.92 Å². The van der Waals surface area contributed by atoms with Gasteiger partial charge in [-0.05, 0) is 24.0 Å². The highest BCUT2D eigenvalue weighted by Crippen LogP contribution is 2.43. The number of hydrogen-bond acceptors (Lipinski definition) is 3. The van der Waals surface area contributed by atoms with Gasteiger partial charge in [0.25, 0.3) is 0 Å². The van der Waals surface area contributed by atoms with E-state index in [9.17, 15) is 9.90 Å². The molecule has 2 aliphatic rings. The number of carbonyl (C=O) groups is 1. The Kier molecular flexibility index (Phi) is 3.30. The standard InChI is InChI=1S/C16H23N3O2/c1-16(2,3)14-7-11-9-18(12-5-4-6-17-8-12)10-13(11)19(14)15(20)21/h4-6,8,11,13-14H,7,9-10H2,1-3H3,(H,20,21)/t11-,13+,14?/m0/s1. The third kappa shape index (κ3) is 2.45. The summed E-state index contributed by atoms with van der Waals surface area (Å²) in [6, 6.07) is 4.18. The first kappa shape index (κ1) is 14.2. The van der Waals surface area contributed by atoms with Crippen LogP contribution in [0.15, 0.2) is 24.5 Å². The van der Waals surface area contributed by atoms with Crippen LogP contribution in [0.5, 0.6) is 0 Å². The van der Waals surface area contributed by atoms with Crippen molar-refractivity contribution in [3.8, 4) is 0 Å². The van der Waals surface area contributed by atoms with Gasteiger partial charge in [-0.2, -0.15) is 0 Å². The van der Waals surface area contributed by atoms with Crippen LogP contribution < -0.4 is 4.90 Å². The van der Waals surface area contributed by atoms with Crippen molar-refractivity contribution in [1.82, 2.24) is 9.88 Å². The van der Waals surface area contributed by atoms with E-state index in [1.165, 1.54) is 0 Å². The lowest BCUT2D eigenvalue weighted by atomic mass is 9.84. The molecule has 5 nitrogen and oxygen atoms in total. The van der Waals surface area contributed by atoms with Crippen molar-refractivity contribution in [3.63, 3.8) is 0 Å². The molecule has 3 heterocycles. The number of hydrogen-bond donors (Lipinski definition) is 1. The minimum atomic E-state index is -0.782. The molecule has 3 atom stereocenters. The van der Waals surface area contributed by atoms with Crippen LogP contribution in [0.1, 0.15) is 27.2 Å². The summed E-state index contributed by atoms with van der Waals surface area (Å²) in [4.78, 5) is 19.9. The number of pyridine rings is 1. The van der Waals surface area contributed by atoms with E-state index >= 15 is 0 Å². The third-order valence-corrected chi connectivity index (χ3v) is 4.86. The molecule has 0 aliphatic carbocycles. The van der Waals surface area contributed by atoms with Gasteiger partial charge in [-0.1, -0.05) is 20.8 Å². The van der Waals surface area contributed by atoms with Gasteiger partial charge >= 0.3 is 6.09 Å². The molecule has 1 unspecified atom stereocenters. The van der Waals surface area contributed by atoms with Crippen molar-refractivity contribution in [2.24, 2.45) is 11.3 Å². The predicted octanol–water partition coefficient (Wildman–Crippen LogP) is 2.68. The number of likely N-dealkylation sites (tertiary alicyclic amines) is 1. The molecule has 114 valence electrons. The Morgan fingerprint density at radius 2 is 2.14 bits per heavy atom. The quantitative estimate of drug-likeness (QED) is 0.863.